The number of hydrogen-bond acceptors (Lipinski definition) is 5. The van der Waals surface area contributed by atoms with Crippen LogP contribution in [-0.4, -0.2) is 47.3 Å². The fraction of sp³-hybridized carbons (Fsp3) is 0.500. The number of fused-ring (bicyclic) bond motifs is 1. The maximum absolute atomic E-state index is 13.0. The molecule has 3 aliphatic rings. The number of rotatable bonds is 5. The van der Waals surface area contributed by atoms with Gasteiger partial charge in [-0.05, 0) is 42.9 Å². The van der Waals surface area contributed by atoms with Crippen molar-refractivity contribution in [3.63, 3.8) is 0 Å². The van der Waals surface area contributed by atoms with Crippen LogP contribution in [0.5, 0.6) is 5.88 Å². The summed E-state index contributed by atoms with van der Waals surface area (Å²) in [7, 11) is 0. The SMILES string of the molecule is O=C(C1OCCc2ccccc21)N1CCC(COc2ccc(C3CC3)nn2)C1. The number of likely N-dealkylation sites (tertiary alicyclic amines) is 1. The normalized spacial score (nSPS) is 24.1. The summed E-state index contributed by atoms with van der Waals surface area (Å²) in [5, 5.41) is 8.44. The fourth-order valence-corrected chi connectivity index (χ4v) is 4.14. The van der Waals surface area contributed by atoms with Gasteiger partial charge in [-0.1, -0.05) is 24.3 Å². The van der Waals surface area contributed by atoms with Gasteiger partial charge in [0.15, 0.2) is 6.10 Å². The quantitative estimate of drug-likeness (QED) is 0.799. The lowest BCUT2D eigenvalue weighted by Crippen LogP contribution is -2.37. The molecule has 1 saturated heterocycles. The molecule has 1 aliphatic carbocycles. The van der Waals surface area contributed by atoms with E-state index in [1.807, 2.05) is 35.2 Å². The van der Waals surface area contributed by atoms with Gasteiger partial charge in [-0.25, -0.2) is 0 Å². The van der Waals surface area contributed by atoms with E-state index in [1.165, 1.54) is 18.4 Å². The van der Waals surface area contributed by atoms with Crippen molar-refractivity contribution >= 4 is 5.91 Å². The Hall–Kier alpha value is -2.47. The Labute approximate surface area is 164 Å². The highest BCUT2D eigenvalue weighted by atomic mass is 16.5. The summed E-state index contributed by atoms with van der Waals surface area (Å²) in [5.74, 6) is 1.55. The Balaban J connectivity index is 1.16. The zero-order chi connectivity index (χ0) is 18.9. The van der Waals surface area contributed by atoms with Crippen molar-refractivity contribution in [2.24, 2.45) is 5.92 Å². The van der Waals surface area contributed by atoms with Crippen LogP contribution in [0.4, 0.5) is 0 Å². The summed E-state index contributed by atoms with van der Waals surface area (Å²) >= 11 is 0. The Kier molecular flexibility index (Phi) is 4.72. The summed E-state index contributed by atoms with van der Waals surface area (Å²) in [4.78, 5) is 14.9. The van der Waals surface area contributed by atoms with E-state index >= 15 is 0 Å². The van der Waals surface area contributed by atoms with Gasteiger partial charge in [0.1, 0.15) is 0 Å². The van der Waals surface area contributed by atoms with Gasteiger partial charge < -0.3 is 14.4 Å². The van der Waals surface area contributed by atoms with E-state index in [4.69, 9.17) is 9.47 Å². The molecule has 0 bridgehead atoms. The van der Waals surface area contributed by atoms with Crippen LogP contribution in [0.25, 0.3) is 0 Å². The first kappa shape index (κ1) is 17.6. The zero-order valence-electron chi connectivity index (χ0n) is 15.9. The molecule has 1 aromatic heterocycles. The number of ether oxygens (including phenoxy) is 2. The average Bonchev–Trinajstić information content (AvgIpc) is 3.49. The first-order chi connectivity index (χ1) is 13.8. The molecule has 3 heterocycles. The van der Waals surface area contributed by atoms with Gasteiger partial charge >= 0.3 is 0 Å². The Morgan fingerprint density at radius 2 is 2.04 bits per heavy atom. The van der Waals surface area contributed by atoms with Crippen LogP contribution in [-0.2, 0) is 16.0 Å². The molecule has 146 valence electrons. The molecule has 2 unspecified atom stereocenters. The van der Waals surface area contributed by atoms with Crippen molar-refractivity contribution in [2.45, 2.75) is 37.7 Å². The summed E-state index contributed by atoms with van der Waals surface area (Å²) in [6.07, 6.45) is 3.78. The second-order valence-corrected chi connectivity index (χ2v) is 8.02. The predicted molar refractivity (Wildman–Crippen MR) is 103 cm³/mol. The van der Waals surface area contributed by atoms with Crippen LogP contribution in [0.15, 0.2) is 36.4 Å². The van der Waals surface area contributed by atoms with Crippen molar-refractivity contribution in [1.29, 1.82) is 0 Å². The van der Waals surface area contributed by atoms with Crippen molar-refractivity contribution in [3.05, 3.63) is 53.2 Å². The molecular formula is C22H25N3O3. The summed E-state index contributed by atoms with van der Waals surface area (Å²) < 4.78 is 11.7. The van der Waals surface area contributed by atoms with E-state index in [2.05, 4.69) is 16.3 Å². The van der Waals surface area contributed by atoms with Crippen LogP contribution in [0, 0.1) is 5.92 Å². The zero-order valence-corrected chi connectivity index (χ0v) is 15.9. The maximum Gasteiger partial charge on any atom is 0.256 e. The van der Waals surface area contributed by atoms with Crippen molar-refractivity contribution < 1.29 is 14.3 Å². The number of aromatic nitrogens is 2. The van der Waals surface area contributed by atoms with E-state index in [1.54, 1.807) is 0 Å². The van der Waals surface area contributed by atoms with Crippen LogP contribution >= 0.6 is 0 Å². The monoisotopic (exact) mass is 379 g/mol. The molecule has 1 amide bonds. The molecule has 5 rings (SSSR count). The number of benzene rings is 1. The molecule has 1 saturated carbocycles. The standard InChI is InChI=1S/C22H25N3O3/c26-22(21-18-4-2-1-3-16(18)10-12-27-21)25-11-9-15(13-25)14-28-20-8-7-19(23-24-20)17-5-6-17/h1-4,7-8,15,17,21H,5-6,9-14H2. The minimum atomic E-state index is -0.467. The highest BCUT2D eigenvalue weighted by molar-refractivity contribution is 5.83. The molecule has 2 fully saturated rings. The number of hydrogen-bond donors (Lipinski definition) is 0. The fourth-order valence-electron chi connectivity index (χ4n) is 4.14. The Morgan fingerprint density at radius 1 is 1.14 bits per heavy atom. The highest BCUT2D eigenvalue weighted by Gasteiger charge is 2.35. The van der Waals surface area contributed by atoms with E-state index in [0.29, 0.717) is 37.5 Å². The van der Waals surface area contributed by atoms with Crippen LogP contribution in [0.3, 0.4) is 0 Å². The molecule has 2 aliphatic heterocycles. The summed E-state index contributed by atoms with van der Waals surface area (Å²) in [6.45, 7) is 2.61. The average molecular weight is 379 g/mol. The van der Waals surface area contributed by atoms with Crippen LogP contribution in [0.2, 0.25) is 0 Å². The number of nitrogens with zero attached hydrogens (tertiary/aromatic N) is 3. The van der Waals surface area contributed by atoms with Crippen LogP contribution < -0.4 is 4.74 Å². The minimum Gasteiger partial charge on any atom is -0.476 e. The number of carbonyl (C=O) groups excluding carboxylic acids is 1. The molecule has 28 heavy (non-hydrogen) atoms. The minimum absolute atomic E-state index is 0.0724. The van der Waals surface area contributed by atoms with Crippen molar-refractivity contribution in [1.82, 2.24) is 15.1 Å². The maximum atomic E-state index is 13.0. The summed E-state index contributed by atoms with van der Waals surface area (Å²) in [5.41, 5.74) is 3.31. The van der Waals surface area contributed by atoms with Gasteiger partial charge in [0.2, 0.25) is 5.88 Å². The molecule has 2 atom stereocenters. The largest absolute Gasteiger partial charge is 0.476 e. The van der Waals surface area contributed by atoms with Gasteiger partial charge in [0.25, 0.3) is 5.91 Å². The predicted octanol–water partition coefficient (Wildman–Crippen LogP) is 2.90. The van der Waals surface area contributed by atoms with Gasteiger partial charge in [0, 0.05) is 31.0 Å². The van der Waals surface area contributed by atoms with Crippen molar-refractivity contribution in [2.75, 3.05) is 26.3 Å². The highest BCUT2D eigenvalue weighted by Crippen LogP contribution is 2.38. The molecular weight excluding hydrogens is 354 g/mol. The lowest BCUT2D eigenvalue weighted by Gasteiger charge is -2.28. The number of carbonyl (C=O) groups is 1. The van der Waals surface area contributed by atoms with Gasteiger partial charge in [-0.3, -0.25) is 4.79 Å². The molecule has 6 heteroatoms. The Bertz CT molecular complexity index is 850. The van der Waals surface area contributed by atoms with Gasteiger partial charge in [-0.2, -0.15) is 5.10 Å². The molecule has 0 N–H and O–H groups in total. The first-order valence-electron chi connectivity index (χ1n) is 10.2. The van der Waals surface area contributed by atoms with Crippen LogP contribution in [0.1, 0.15) is 48.1 Å². The molecule has 2 aromatic rings. The third kappa shape index (κ3) is 3.61. The van der Waals surface area contributed by atoms with E-state index in [-0.39, 0.29) is 5.91 Å². The van der Waals surface area contributed by atoms with E-state index in [0.717, 1.165) is 30.6 Å². The number of amides is 1. The smallest absolute Gasteiger partial charge is 0.256 e. The lowest BCUT2D eigenvalue weighted by molar-refractivity contribution is -0.144. The van der Waals surface area contributed by atoms with E-state index < -0.39 is 6.10 Å². The molecule has 0 spiro atoms. The third-order valence-electron chi connectivity index (χ3n) is 5.94. The van der Waals surface area contributed by atoms with E-state index in [9.17, 15) is 4.79 Å². The van der Waals surface area contributed by atoms with Gasteiger partial charge in [-0.15, -0.1) is 5.10 Å². The first-order valence-corrected chi connectivity index (χ1v) is 10.2. The third-order valence-corrected chi connectivity index (χ3v) is 5.94. The molecule has 1 aromatic carbocycles. The topological polar surface area (TPSA) is 64.5 Å². The Morgan fingerprint density at radius 3 is 2.86 bits per heavy atom. The van der Waals surface area contributed by atoms with Crippen molar-refractivity contribution in [3.8, 4) is 5.88 Å². The lowest BCUT2D eigenvalue weighted by atomic mass is 9.97. The molecule has 0 radical (unpaired) electrons. The van der Waals surface area contributed by atoms with Gasteiger partial charge in [0.05, 0.1) is 18.9 Å². The second-order valence-electron chi connectivity index (χ2n) is 8.02. The molecule has 6 nitrogen and oxygen atoms in total. The second kappa shape index (κ2) is 7.51. The summed E-state index contributed by atoms with van der Waals surface area (Å²) in [6, 6.07) is 12.0.